The first-order valence-corrected chi connectivity index (χ1v) is 9.80. The van der Waals surface area contributed by atoms with Gasteiger partial charge in [-0.05, 0) is 6.92 Å². The molecule has 12 nitrogen and oxygen atoms in total. The van der Waals surface area contributed by atoms with E-state index in [0.29, 0.717) is 23.8 Å². The van der Waals surface area contributed by atoms with Crippen molar-refractivity contribution >= 4 is 23.5 Å². The number of nitrogens with one attached hydrogen (secondary N) is 2. The number of nitrogens with zero attached hydrogens (tertiary/aromatic N) is 3. The van der Waals surface area contributed by atoms with Gasteiger partial charge >= 0.3 is 5.97 Å². The summed E-state index contributed by atoms with van der Waals surface area (Å²) in [7, 11) is 4.49. The van der Waals surface area contributed by atoms with Crippen LogP contribution in [0.3, 0.4) is 0 Å². The molecule has 0 saturated carbocycles. The highest BCUT2D eigenvalue weighted by Gasteiger charge is 2.26. The van der Waals surface area contributed by atoms with Crippen molar-refractivity contribution in [3.8, 4) is 11.5 Å². The van der Waals surface area contributed by atoms with E-state index in [9.17, 15) is 14.4 Å². The van der Waals surface area contributed by atoms with Crippen molar-refractivity contribution in [2.75, 3.05) is 46.4 Å². The summed E-state index contributed by atoms with van der Waals surface area (Å²) in [5.41, 5.74) is 0.357. The van der Waals surface area contributed by atoms with Gasteiger partial charge in [-0.15, -0.1) is 5.10 Å². The molecular formula is C20H27N5O7. The summed E-state index contributed by atoms with van der Waals surface area (Å²) in [5.74, 6) is -0.654. The molecule has 0 fully saturated rings. The summed E-state index contributed by atoms with van der Waals surface area (Å²) in [6, 6.07) is 3.83. The van der Waals surface area contributed by atoms with Crippen molar-refractivity contribution in [2.45, 2.75) is 19.4 Å². The number of carbonyl (C=O) groups is 3. The van der Waals surface area contributed by atoms with Crippen LogP contribution in [0.2, 0.25) is 0 Å². The molecular weight excluding hydrogens is 422 g/mol. The number of benzene rings is 1. The normalized spacial score (nSPS) is 11.4. The van der Waals surface area contributed by atoms with Crippen LogP contribution in [-0.2, 0) is 19.1 Å². The third-order valence-electron chi connectivity index (χ3n) is 4.24. The Morgan fingerprint density at radius 1 is 1.09 bits per heavy atom. The molecule has 0 aliphatic carbocycles. The average Bonchev–Trinajstić information content (AvgIpc) is 3.27. The van der Waals surface area contributed by atoms with Crippen molar-refractivity contribution in [2.24, 2.45) is 0 Å². The zero-order valence-electron chi connectivity index (χ0n) is 18.4. The Hall–Kier alpha value is -3.67. The first-order chi connectivity index (χ1) is 15.4. The summed E-state index contributed by atoms with van der Waals surface area (Å²) in [5, 5.41) is 12.9. The molecule has 1 atom stereocenters. The molecule has 2 N–H and O–H groups in total. The number of aromatic nitrogens is 3. The molecule has 32 heavy (non-hydrogen) atoms. The Balaban J connectivity index is 2.20. The Kier molecular flexibility index (Phi) is 9.42. The first kappa shape index (κ1) is 24.6. The number of rotatable bonds is 12. The highest BCUT2D eigenvalue weighted by atomic mass is 16.5. The Morgan fingerprint density at radius 2 is 1.78 bits per heavy atom. The van der Waals surface area contributed by atoms with E-state index in [0.717, 1.165) is 4.68 Å². The minimum absolute atomic E-state index is 0.0699. The lowest BCUT2D eigenvalue weighted by Crippen LogP contribution is -2.36. The van der Waals surface area contributed by atoms with Gasteiger partial charge in [0.1, 0.15) is 17.5 Å². The summed E-state index contributed by atoms with van der Waals surface area (Å²) in [6.45, 7) is 2.35. The smallest absolute Gasteiger partial charge is 0.360 e. The van der Waals surface area contributed by atoms with Crippen molar-refractivity contribution in [3.05, 3.63) is 30.1 Å². The number of hydrogen-bond acceptors (Lipinski definition) is 9. The SMILES string of the molecule is CCOC(=O)c1cn(C(CC(=O)Nc2cc(OC)cc(OC)c2)C(=O)NCCOC)nn1. The maximum atomic E-state index is 12.7. The first-order valence-electron chi connectivity index (χ1n) is 9.80. The van der Waals surface area contributed by atoms with Gasteiger partial charge in [-0.25, -0.2) is 9.48 Å². The fraction of sp³-hybridized carbons (Fsp3) is 0.450. The van der Waals surface area contributed by atoms with Gasteiger partial charge in [0.25, 0.3) is 0 Å². The molecule has 0 spiro atoms. The fourth-order valence-electron chi connectivity index (χ4n) is 2.70. The molecule has 0 aliphatic rings. The number of carbonyl (C=O) groups excluding carboxylic acids is 3. The van der Waals surface area contributed by atoms with E-state index >= 15 is 0 Å². The minimum atomic E-state index is -1.06. The topological polar surface area (TPSA) is 143 Å². The average molecular weight is 449 g/mol. The number of methoxy groups -OCH3 is 3. The molecule has 2 rings (SSSR count). The second-order valence-corrected chi connectivity index (χ2v) is 6.46. The second-order valence-electron chi connectivity index (χ2n) is 6.46. The summed E-state index contributed by atoms with van der Waals surface area (Å²) >= 11 is 0. The third kappa shape index (κ3) is 6.94. The molecule has 1 unspecified atom stereocenters. The largest absolute Gasteiger partial charge is 0.497 e. The van der Waals surface area contributed by atoms with Crippen molar-refractivity contribution in [1.82, 2.24) is 20.3 Å². The minimum Gasteiger partial charge on any atom is -0.497 e. The third-order valence-corrected chi connectivity index (χ3v) is 4.24. The predicted octanol–water partition coefficient (Wildman–Crippen LogP) is 0.805. The molecule has 174 valence electrons. The van der Waals surface area contributed by atoms with Gasteiger partial charge in [0, 0.05) is 37.5 Å². The number of hydrogen-bond donors (Lipinski definition) is 2. The van der Waals surface area contributed by atoms with Gasteiger partial charge in [-0.2, -0.15) is 0 Å². The summed E-state index contributed by atoms with van der Waals surface area (Å²) < 4.78 is 21.4. The number of anilines is 1. The summed E-state index contributed by atoms with van der Waals surface area (Å²) in [6.07, 6.45) is 0.990. The monoisotopic (exact) mass is 449 g/mol. The van der Waals surface area contributed by atoms with Crippen molar-refractivity contribution in [1.29, 1.82) is 0 Å². The Labute approximate surface area is 185 Å². The molecule has 0 radical (unpaired) electrons. The molecule has 2 amide bonds. The van der Waals surface area contributed by atoms with Crippen molar-refractivity contribution in [3.63, 3.8) is 0 Å². The van der Waals surface area contributed by atoms with Gasteiger partial charge < -0.3 is 29.6 Å². The van der Waals surface area contributed by atoms with Crippen LogP contribution < -0.4 is 20.1 Å². The molecule has 0 bridgehead atoms. The van der Waals surface area contributed by atoms with E-state index in [1.54, 1.807) is 25.1 Å². The molecule has 2 aromatic rings. The Bertz CT molecular complexity index is 909. The van der Waals surface area contributed by atoms with Crippen LogP contribution in [0.25, 0.3) is 0 Å². The lowest BCUT2D eigenvalue weighted by atomic mass is 10.1. The van der Waals surface area contributed by atoms with E-state index in [-0.39, 0.29) is 25.3 Å². The zero-order valence-corrected chi connectivity index (χ0v) is 18.4. The van der Waals surface area contributed by atoms with Crippen LogP contribution >= 0.6 is 0 Å². The fourth-order valence-corrected chi connectivity index (χ4v) is 2.70. The van der Waals surface area contributed by atoms with Gasteiger partial charge in [-0.1, -0.05) is 5.21 Å². The van der Waals surface area contributed by atoms with Crippen LogP contribution in [0.5, 0.6) is 11.5 Å². The number of esters is 1. The molecule has 1 heterocycles. The maximum absolute atomic E-state index is 12.7. The quantitative estimate of drug-likeness (QED) is 0.355. The molecule has 0 aliphatic heterocycles. The molecule has 12 heteroatoms. The van der Waals surface area contributed by atoms with Gasteiger partial charge in [0.05, 0.1) is 40.1 Å². The Morgan fingerprint density at radius 3 is 2.38 bits per heavy atom. The number of amides is 2. The van der Waals surface area contributed by atoms with Crippen molar-refractivity contribution < 1.29 is 33.3 Å². The van der Waals surface area contributed by atoms with Crippen LogP contribution in [-0.4, -0.2) is 73.9 Å². The second kappa shape index (κ2) is 12.2. The summed E-state index contributed by atoms with van der Waals surface area (Å²) in [4.78, 5) is 37.3. The van der Waals surface area contributed by atoms with E-state index in [1.165, 1.54) is 27.5 Å². The maximum Gasteiger partial charge on any atom is 0.360 e. The van der Waals surface area contributed by atoms with Gasteiger partial charge in [-0.3, -0.25) is 9.59 Å². The molecule has 0 saturated heterocycles. The molecule has 1 aromatic carbocycles. The van der Waals surface area contributed by atoms with Gasteiger partial charge in [0.15, 0.2) is 5.69 Å². The standard InChI is InChI=1S/C20H27N5O7/c1-5-32-20(28)16-12-25(24-23-16)17(19(27)21-6-7-29-2)11-18(26)22-13-8-14(30-3)10-15(9-13)31-4/h8-10,12,17H,5-7,11H2,1-4H3,(H,21,27)(H,22,26). The van der Waals surface area contributed by atoms with Crippen LogP contribution in [0.1, 0.15) is 29.9 Å². The van der Waals surface area contributed by atoms with E-state index < -0.39 is 23.8 Å². The van der Waals surface area contributed by atoms with Crippen LogP contribution in [0.4, 0.5) is 5.69 Å². The predicted molar refractivity (Wildman–Crippen MR) is 113 cm³/mol. The van der Waals surface area contributed by atoms with E-state index in [4.69, 9.17) is 18.9 Å². The van der Waals surface area contributed by atoms with E-state index in [1.807, 2.05) is 0 Å². The van der Waals surface area contributed by atoms with Crippen LogP contribution in [0.15, 0.2) is 24.4 Å². The highest BCUT2D eigenvalue weighted by Crippen LogP contribution is 2.26. The lowest BCUT2D eigenvalue weighted by molar-refractivity contribution is -0.128. The van der Waals surface area contributed by atoms with E-state index in [2.05, 4.69) is 20.9 Å². The molecule has 1 aromatic heterocycles. The van der Waals surface area contributed by atoms with Crippen LogP contribution in [0, 0.1) is 0 Å². The zero-order chi connectivity index (χ0) is 23.5. The lowest BCUT2D eigenvalue weighted by Gasteiger charge is -2.17. The highest BCUT2D eigenvalue weighted by molar-refractivity contribution is 5.95. The van der Waals surface area contributed by atoms with Gasteiger partial charge in [0.2, 0.25) is 11.8 Å². The number of ether oxygens (including phenoxy) is 4.